The minimum Gasteiger partial charge on any atom is -0.497 e. The van der Waals surface area contributed by atoms with Crippen LogP contribution in [0.15, 0.2) is 42.5 Å². The highest BCUT2D eigenvalue weighted by Gasteiger charge is 2.37. The third kappa shape index (κ3) is 6.01. The molecule has 0 spiro atoms. The van der Waals surface area contributed by atoms with Crippen LogP contribution in [-0.2, 0) is 15.0 Å². The van der Waals surface area contributed by atoms with Gasteiger partial charge in [-0.1, -0.05) is 45.0 Å². The molecule has 2 amide bonds. The lowest BCUT2D eigenvalue weighted by atomic mass is 9.85. The molecule has 1 aliphatic rings. The number of nitriles is 1. The lowest BCUT2D eigenvalue weighted by Crippen LogP contribution is -2.56. The zero-order chi connectivity index (χ0) is 24.9. The van der Waals surface area contributed by atoms with E-state index in [0.717, 1.165) is 5.56 Å². The Labute approximate surface area is 204 Å². The second kappa shape index (κ2) is 10.8. The Bertz CT molecular complexity index is 1080. The molecule has 3 unspecified atom stereocenters. The van der Waals surface area contributed by atoms with Gasteiger partial charge in [0.1, 0.15) is 22.9 Å². The van der Waals surface area contributed by atoms with Crippen LogP contribution in [0.4, 0.5) is 5.69 Å². The second-order valence-electron chi connectivity index (χ2n) is 8.94. The minimum absolute atomic E-state index is 0.00172. The summed E-state index contributed by atoms with van der Waals surface area (Å²) in [6.07, 6.45) is 0. The molecule has 3 N–H and O–H groups in total. The number of rotatable bonds is 7. The third-order valence-corrected chi connectivity index (χ3v) is 6.57. The number of anilines is 1. The summed E-state index contributed by atoms with van der Waals surface area (Å²) in [4.78, 5) is 25.2. The van der Waals surface area contributed by atoms with E-state index in [1.807, 2.05) is 24.3 Å². The van der Waals surface area contributed by atoms with Crippen LogP contribution in [0, 0.1) is 17.2 Å². The van der Waals surface area contributed by atoms with Crippen LogP contribution in [0.2, 0.25) is 0 Å². The quantitative estimate of drug-likeness (QED) is 0.553. The van der Waals surface area contributed by atoms with Gasteiger partial charge in [-0.05, 0) is 28.7 Å². The molecule has 0 bridgehead atoms. The fourth-order valence-electron chi connectivity index (χ4n) is 3.63. The molecule has 1 saturated heterocycles. The van der Waals surface area contributed by atoms with Crippen molar-refractivity contribution in [1.82, 2.24) is 10.6 Å². The summed E-state index contributed by atoms with van der Waals surface area (Å²) >= 11 is 1.23. The number of benzene rings is 2. The maximum absolute atomic E-state index is 12.6. The van der Waals surface area contributed by atoms with E-state index >= 15 is 0 Å². The highest BCUT2D eigenvalue weighted by Crippen LogP contribution is 2.31. The van der Waals surface area contributed by atoms with Crippen molar-refractivity contribution in [3.63, 3.8) is 0 Å². The van der Waals surface area contributed by atoms with Crippen molar-refractivity contribution < 1.29 is 19.1 Å². The molecule has 8 nitrogen and oxygen atoms in total. The zero-order valence-corrected chi connectivity index (χ0v) is 20.8. The Kier molecular flexibility index (Phi) is 8.07. The van der Waals surface area contributed by atoms with Gasteiger partial charge in [0.25, 0.3) is 0 Å². The standard InChI is InChI=1S/C25H30N4O4S/c1-25(2,3)16-8-6-15(7-9-16)22-18(13-26)23(31)29-24(28-22)34-14-21(30)27-19-12-17(32-4)10-11-20(19)33-5/h6-12,18,22,24,28H,14H2,1-5H3,(H,27,30)(H,29,31). The van der Waals surface area contributed by atoms with Crippen molar-refractivity contribution in [1.29, 1.82) is 5.26 Å². The molecular weight excluding hydrogens is 452 g/mol. The topological polar surface area (TPSA) is 112 Å². The Hall–Kier alpha value is -3.22. The Balaban J connectivity index is 1.67. The van der Waals surface area contributed by atoms with Crippen LogP contribution >= 0.6 is 11.8 Å². The van der Waals surface area contributed by atoms with Crippen LogP contribution in [0.1, 0.15) is 37.9 Å². The fraction of sp³-hybridized carbons (Fsp3) is 0.400. The molecule has 180 valence electrons. The number of hydrogen-bond acceptors (Lipinski definition) is 7. The summed E-state index contributed by atoms with van der Waals surface area (Å²) in [6.45, 7) is 6.39. The van der Waals surface area contributed by atoms with E-state index in [1.54, 1.807) is 25.3 Å². The minimum atomic E-state index is -0.868. The molecule has 0 aromatic heterocycles. The van der Waals surface area contributed by atoms with E-state index in [0.29, 0.717) is 17.2 Å². The van der Waals surface area contributed by atoms with Gasteiger partial charge in [-0.25, -0.2) is 0 Å². The number of carbonyl (C=O) groups is 2. The van der Waals surface area contributed by atoms with Crippen molar-refractivity contribution in [2.24, 2.45) is 5.92 Å². The second-order valence-corrected chi connectivity index (χ2v) is 10.0. The van der Waals surface area contributed by atoms with Crippen molar-refractivity contribution in [3.05, 3.63) is 53.6 Å². The molecule has 3 atom stereocenters. The van der Waals surface area contributed by atoms with Gasteiger partial charge >= 0.3 is 0 Å². The summed E-state index contributed by atoms with van der Waals surface area (Å²) < 4.78 is 10.5. The molecule has 34 heavy (non-hydrogen) atoms. The van der Waals surface area contributed by atoms with Gasteiger partial charge in [-0.15, -0.1) is 11.8 Å². The van der Waals surface area contributed by atoms with E-state index in [1.165, 1.54) is 24.4 Å². The van der Waals surface area contributed by atoms with Crippen molar-refractivity contribution >= 4 is 29.3 Å². The van der Waals surface area contributed by atoms with Gasteiger partial charge in [0.15, 0.2) is 0 Å². The monoisotopic (exact) mass is 482 g/mol. The average Bonchev–Trinajstić information content (AvgIpc) is 2.81. The smallest absolute Gasteiger partial charge is 0.241 e. The van der Waals surface area contributed by atoms with Gasteiger partial charge in [0, 0.05) is 6.07 Å². The fourth-order valence-corrected chi connectivity index (χ4v) is 4.46. The zero-order valence-electron chi connectivity index (χ0n) is 20.0. The highest BCUT2D eigenvalue weighted by atomic mass is 32.2. The molecule has 0 saturated carbocycles. The largest absolute Gasteiger partial charge is 0.497 e. The number of thioether (sulfide) groups is 1. The predicted molar refractivity (Wildman–Crippen MR) is 133 cm³/mol. The predicted octanol–water partition coefficient (Wildman–Crippen LogP) is 3.56. The SMILES string of the molecule is COc1ccc(OC)c(NC(=O)CSC2NC(=O)C(C#N)C(c3ccc(C(C)(C)C)cc3)N2)c1. The number of nitrogens with zero attached hydrogens (tertiary/aromatic N) is 1. The summed E-state index contributed by atoms with van der Waals surface area (Å²) in [7, 11) is 3.07. The lowest BCUT2D eigenvalue weighted by molar-refractivity contribution is -0.126. The van der Waals surface area contributed by atoms with Crippen LogP contribution in [0.5, 0.6) is 11.5 Å². The van der Waals surface area contributed by atoms with E-state index < -0.39 is 17.5 Å². The molecule has 2 aromatic rings. The normalized spacial score (nSPS) is 20.1. The number of nitrogens with one attached hydrogen (secondary N) is 3. The van der Waals surface area contributed by atoms with Crippen LogP contribution in [0.3, 0.4) is 0 Å². The molecule has 1 aliphatic heterocycles. The number of carbonyl (C=O) groups excluding carboxylic acids is 2. The Morgan fingerprint density at radius 3 is 2.44 bits per heavy atom. The molecule has 0 aliphatic carbocycles. The van der Waals surface area contributed by atoms with Gasteiger partial charge in [0.05, 0.1) is 37.8 Å². The Morgan fingerprint density at radius 2 is 1.85 bits per heavy atom. The number of ether oxygens (including phenoxy) is 2. The average molecular weight is 483 g/mol. The summed E-state index contributed by atoms with van der Waals surface area (Å²) in [5.74, 6) is -0.316. The summed E-state index contributed by atoms with van der Waals surface area (Å²) in [5, 5.41) is 18.5. The van der Waals surface area contributed by atoms with Gasteiger partial charge in [-0.3, -0.25) is 14.9 Å². The van der Waals surface area contributed by atoms with Gasteiger partial charge in [0.2, 0.25) is 11.8 Å². The first-order chi connectivity index (χ1) is 16.2. The summed E-state index contributed by atoms with van der Waals surface area (Å²) in [6, 6.07) is 14.7. The first kappa shape index (κ1) is 25.4. The number of amides is 2. The van der Waals surface area contributed by atoms with Crippen molar-refractivity contribution in [2.75, 3.05) is 25.3 Å². The van der Waals surface area contributed by atoms with E-state index in [4.69, 9.17) is 9.47 Å². The first-order valence-corrected chi connectivity index (χ1v) is 11.9. The van der Waals surface area contributed by atoms with Crippen LogP contribution < -0.4 is 25.4 Å². The van der Waals surface area contributed by atoms with Gasteiger partial charge in [-0.2, -0.15) is 5.26 Å². The van der Waals surface area contributed by atoms with E-state index in [2.05, 4.69) is 42.8 Å². The molecular formula is C25H30N4O4S. The maximum Gasteiger partial charge on any atom is 0.241 e. The van der Waals surface area contributed by atoms with Crippen LogP contribution in [-0.4, -0.2) is 37.3 Å². The molecule has 1 heterocycles. The molecule has 2 aromatic carbocycles. The number of hydrogen-bond donors (Lipinski definition) is 3. The molecule has 9 heteroatoms. The van der Waals surface area contributed by atoms with Crippen LogP contribution in [0.25, 0.3) is 0 Å². The van der Waals surface area contributed by atoms with Gasteiger partial charge < -0.3 is 20.1 Å². The Morgan fingerprint density at radius 1 is 1.15 bits per heavy atom. The van der Waals surface area contributed by atoms with E-state index in [9.17, 15) is 14.9 Å². The number of methoxy groups -OCH3 is 2. The van der Waals surface area contributed by atoms with Crippen molar-refractivity contribution in [3.8, 4) is 17.6 Å². The van der Waals surface area contributed by atoms with E-state index in [-0.39, 0.29) is 23.0 Å². The lowest BCUT2D eigenvalue weighted by Gasteiger charge is -2.34. The summed E-state index contributed by atoms with van der Waals surface area (Å²) in [5.41, 5.74) is 1.99. The maximum atomic E-state index is 12.6. The third-order valence-electron chi connectivity index (χ3n) is 5.56. The molecule has 0 radical (unpaired) electrons. The first-order valence-electron chi connectivity index (χ1n) is 10.9. The van der Waals surface area contributed by atoms with Crippen molar-refractivity contribution in [2.45, 2.75) is 37.7 Å². The highest BCUT2D eigenvalue weighted by molar-refractivity contribution is 8.00. The molecule has 3 rings (SSSR count). The molecule has 1 fully saturated rings.